The van der Waals surface area contributed by atoms with Crippen molar-refractivity contribution in [3.05, 3.63) is 48.6 Å². The first-order valence-corrected chi connectivity index (χ1v) is 8.77. The number of hydrogen-bond donors (Lipinski definition) is 2. The summed E-state index contributed by atoms with van der Waals surface area (Å²) in [6, 6.07) is 0. The van der Waals surface area contributed by atoms with Gasteiger partial charge in [-0.3, -0.25) is 0 Å². The average Bonchev–Trinajstić information content (AvgIpc) is 2.55. The van der Waals surface area contributed by atoms with E-state index in [2.05, 4.69) is 31.2 Å². The van der Waals surface area contributed by atoms with Gasteiger partial charge in [-0.15, -0.1) is 0 Å². The third-order valence-electron chi connectivity index (χ3n) is 3.18. The molecule has 0 amide bonds. The average molecular weight is 336 g/mol. The Morgan fingerprint density at radius 1 is 1.04 bits per heavy atom. The molecule has 2 N–H and O–H groups in total. The quantitative estimate of drug-likeness (QED) is 0.264. The van der Waals surface area contributed by atoms with Crippen LogP contribution in [0.1, 0.15) is 51.9 Å². The largest absolute Gasteiger partial charge is 0.480 e. The van der Waals surface area contributed by atoms with Crippen molar-refractivity contribution < 1.29 is 19.7 Å². The molecule has 4 nitrogen and oxygen atoms in total. The highest BCUT2D eigenvalue weighted by molar-refractivity contribution is 5.67. The lowest BCUT2D eigenvalue weighted by molar-refractivity contribution is -0.142. The van der Waals surface area contributed by atoms with Gasteiger partial charge in [0.05, 0.1) is 6.10 Å². The predicted octanol–water partition coefficient (Wildman–Crippen LogP) is 4.42. The molecule has 0 aliphatic carbocycles. The second kappa shape index (κ2) is 17.7. The number of hydrogen-bond acceptors (Lipinski definition) is 3. The number of carbonyl (C=O) groups is 1. The first-order chi connectivity index (χ1) is 11.7. The molecular weight excluding hydrogens is 304 g/mol. The monoisotopic (exact) mass is 336 g/mol. The number of unbranched alkanes of at least 4 members (excludes halogenated alkanes) is 3. The lowest BCUT2D eigenvalue weighted by Crippen LogP contribution is -2.07. The summed E-state index contributed by atoms with van der Waals surface area (Å²) in [7, 11) is 0. The molecule has 0 radical (unpaired) electrons. The molecule has 0 aliphatic heterocycles. The van der Waals surface area contributed by atoms with Crippen LogP contribution in [0.3, 0.4) is 0 Å². The van der Waals surface area contributed by atoms with Gasteiger partial charge in [-0.1, -0.05) is 62.0 Å². The standard InChI is InChI=1S/C20H32O4/c1-2-3-12-15-19(21)16-13-10-8-6-4-5-7-9-11-14-17-24-18-20(22)23/h3-5,8,10,12-13,16,19,21H,2,6-7,9,11,14-15,17-18H2,1H3,(H,22,23)/b5-4-,10-8-,12-3-,16-13+. The summed E-state index contributed by atoms with van der Waals surface area (Å²) >= 11 is 0. The number of ether oxygens (including phenoxy) is 1. The smallest absolute Gasteiger partial charge is 0.329 e. The topological polar surface area (TPSA) is 66.8 Å². The van der Waals surface area contributed by atoms with Crippen molar-refractivity contribution in [3.8, 4) is 0 Å². The molecule has 0 aromatic heterocycles. The van der Waals surface area contributed by atoms with Gasteiger partial charge >= 0.3 is 5.97 Å². The summed E-state index contributed by atoms with van der Waals surface area (Å²) in [4.78, 5) is 10.2. The minimum absolute atomic E-state index is 0.201. The van der Waals surface area contributed by atoms with Crippen LogP contribution in [0, 0.1) is 0 Å². The molecule has 0 rings (SSSR count). The molecule has 0 fully saturated rings. The summed E-state index contributed by atoms with van der Waals surface area (Å²) in [6.07, 6.45) is 22.3. The number of carboxylic acids is 1. The van der Waals surface area contributed by atoms with Crippen LogP contribution in [0.15, 0.2) is 48.6 Å². The van der Waals surface area contributed by atoms with Crippen molar-refractivity contribution >= 4 is 5.97 Å². The van der Waals surface area contributed by atoms with E-state index < -0.39 is 12.1 Å². The first-order valence-electron chi connectivity index (χ1n) is 8.77. The molecule has 0 heterocycles. The fraction of sp³-hybridized carbons (Fsp3) is 0.550. The number of aliphatic hydroxyl groups excluding tert-OH is 1. The zero-order valence-corrected chi connectivity index (χ0v) is 14.8. The summed E-state index contributed by atoms with van der Waals surface area (Å²) in [5.74, 6) is -0.913. The maximum Gasteiger partial charge on any atom is 0.329 e. The number of carboxylic acid groups (broad SMARTS) is 1. The molecule has 1 unspecified atom stereocenters. The van der Waals surface area contributed by atoms with E-state index in [9.17, 15) is 9.90 Å². The van der Waals surface area contributed by atoms with Crippen molar-refractivity contribution in [2.45, 2.75) is 58.0 Å². The first kappa shape index (κ1) is 22.4. The van der Waals surface area contributed by atoms with E-state index in [0.717, 1.165) is 38.5 Å². The van der Waals surface area contributed by atoms with Crippen LogP contribution in [0.2, 0.25) is 0 Å². The van der Waals surface area contributed by atoms with Gasteiger partial charge in [0.2, 0.25) is 0 Å². The van der Waals surface area contributed by atoms with Gasteiger partial charge in [-0.2, -0.15) is 0 Å². The van der Waals surface area contributed by atoms with Gasteiger partial charge < -0.3 is 14.9 Å². The third kappa shape index (κ3) is 18.4. The van der Waals surface area contributed by atoms with Crippen LogP contribution in [-0.4, -0.2) is 35.5 Å². The van der Waals surface area contributed by atoms with E-state index in [1.165, 1.54) is 0 Å². The number of rotatable bonds is 15. The Balaban J connectivity index is 3.48. The Kier molecular flexibility index (Phi) is 16.5. The van der Waals surface area contributed by atoms with Crippen LogP contribution in [0.25, 0.3) is 0 Å². The molecule has 4 heteroatoms. The lowest BCUT2D eigenvalue weighted by atomic mass is 10.2. The zero-order valence-electron chi connectivity index (χ0n) is 14.8. The fourth-order valence-corrected chi connectivity index (χ4v) is 1.93. The third-order valence-corrected chi connectivity index (χ3v) is 3.18. The van der Waals surface area contributed by atoms with Crippen molar-refractivity contribution in [2.24, 2.45) is 0 Å². The zero-order chi connectivity index (χ0) is 17.9. The van der Waals surface area contributed by atoms with E-state index in [0.29, 0.717) is 13.0 Å². The predicted molar refractivity (Wildman–Crippen MR) is 99.0 cm³/mol. The molecule has 0 spiro atoms. The Bertz CT molecular complexity index is 408. The molecule has 0 aromatic carbocycles. The highest BCUT2D eigenvalue weighted by Gasteiger charge is 1.95. The molecule has 0 aromatic rings. The van der Waals surface area contributed by atoms with E-state index in [1.807, 2.05) is 18.2 Å². The summed E-state index contributed by atoms with van der Waals surface area (Å²) in [6.45, 7) is 2.39. The molecule has 0 saturated heterocycles. The van der Waals surface area contributed by atoms with Gasteiger partial charge in [-0.25, -0.2) is 4.79 Å². The second-order valence-corrected chi connectivity index (χ2v) is 5.50. The Hall–Kier alpha value is -1.65. The van der Waals surface area contributed by atoms with Gasteiger partial charge in [-0.05, 0) is 38.5 Å². The highest BCUT2D eigenvalue weighted by Crippen LogP contribution is 2.02. The van der Waals surface area contributed by atoms with Gasteiger partial charge in [0.25, 0.3) is 0 Å². The molecule has 0 aliphatic rings. The van der Waals surface area contributed by atoms with Crippen LogP contribution in [-0.2, 0) is 9.53 Å². The summed E-state index contributed by atoms with van der Waals surface area (Å²) < 4.78 is 4.97. The molecule has 0 bridgehead atoms. The SMILES string of the molecule is CC/C=C\CC(O)/C=C/C=C\C/C=C\CCCCCOCC(=O)O. The summed E-state index contributed by atoms with van der Waals surface area (Å²) in [5.41, 5.74) is 0. The minimum Gasteiger partial charge on any atom is -0.480 e. The molecule has 136 valence electrons. The second-order valence-electron chi connectivity index (χ2n) is 5.50. The number of aliphatic hydroxyl groups is 1. The Morgan fingerprint density at radius 2 is 1.88 bits per heavy atom. The molecule has 24 heavy (non-hydrogen) atoms. The normalized spacial score (nSPS) is 13.8. The van der Waals surface area contributed by atoms with Crippen LogP contribution in [0.5, 0.6) is 0 Å². The molecule has 0 saturated carbocycles. The highest BCUT2D eigenvalue weighted by atomic mass is 16.5. The van der Waals surface area contributed by atoms with Gasteiger partial charge in [0, 0.05) is 6.61 Å². The van der Waals surface area contributed by atoms with E-state index in [4.69, 9.17) is 9.84 Å². The Labute approximate surface area is 146 Å². The van der Waals surface area contributed by atoms with Crippen molar-refractivity contribution in [3.63, 3.8) is 0 Å². The van der Waals surface area contributed by atoms with E-state index in [-0.39, 0.29) is 6.61 Å². The number of aliphatic carboxylic acids is 1. The minimum atomic E-state index is -0.913. The maximum atomic E-state index is 10.2. The van der Waals surface area contributed by atoms with Gasteiger partial charge in [0.1, 0.15) is 6.61 Å². The summed E-state index contributed by atoms with van der Waals surface area (Å²) in [5, 5.41) is 18.1. The van der Waals surface area contributed by atoms with Gasteiger partial charge in [0.15, 0.2) is 0 Å². The van der Waals surface area contributed by atoms with Crippen molar-refractivity contribution in [2.75, 3.05) is 13.2 Å². The molecule has 1 atom stereocenters. The van der Waals surface area contributed by atoms with Crippen molar-refractivity contribution in [1.29, 1.82) is 0 Å². The van der Waals surface area contributed by atoms with E-state index >= 15 is 0 Å². The fourth-order valence-electron chi connectivity index (χ4n) is 1.93. The Morgan fingerprint density at radius 3 is 2.62 bits per heavy atom. The lowest BCUT2D eigenvalue weighted by Gasteiger charge is -2.00. The van der Waals surface area contributed by atoms with Crippen LogP contribution >= 0.6 is 0 Å². The van der Waals surface area contributed by atoms with Crippen LogP contribution < -0.4 is 0 Å². The maximum absolute atomic E-state index is 10.2. The van der Waals surface area contributed by atoms with Crippen LogP contribution in [0.4, 0.5) is 0 Å². The van der Waals surface area contributed by atoms with E-state index in [1.54, 1.807) is 6.08 Å². The molecular formula is C20H32O4. The number of allylic oxidation sites excluding steroid dienone is 6. The van der Waals surface area contributed by atoms with Crippen molar-refractivity contribution in [1.82, 2.24) is 0 Å².